The van der Waals surface area contributed by atoms with Crippen LogP contribution in [0.5, 0.6) is 0 Å². The average molecular weight is 181 g/mol. The van der Waals surface area contributed by atoms with Crippen molar-refractivity contribution in [2.24, 2.45) is 5.14 Å². The van der Waals surface area contributed by atoms with Crippen LogP contribution in [-0.4, -0.2) is 0 Å². The quantitative estimate of drug-likeness (QED) is 0.674. The van der Waals surface area contributed by atoms with Crippen molar-refractivity contribution in [1.29, 1.82) is 0 Å². The monoisotopic (exact) mass is 181 g/mol. The van der Waals surface area contributed by atoms with Crippen LogP contribution in [-0.2, 0) is 5.41 Å². The van der Waals surface area contributed by atoms with E-state index in [9.17, 15) is 0 Å². The van der Waals surface area contributed by atoms with Gasteiger partial charge < -0.3 is 0 Å². The third-order valence-electron chi connectivity index (χ3n) is 1.84. The van der Waals surface area contributed by atoms with Crippen molar-refractivity contribution in [3.05, 3.63) is 29.8 Å². The van der Waals surface area contributed by atoms with Crippen LogP contribution in [0.1, 0.15) is 26.3 Å². The van der Waals surface area contributed by atoms with E-state index in [1.165, 1.54) is 17.5 Å². The van der Waals surface area contributed by atoms with Gasteiger partial charge in [0.05, 0.1) is 0 Å². The highest BCUT2D eigenvalue weighted by Crippen LogP contribution is 2.24. The molecular weight excluding hydrogens is 166 g/mol. The largest absolute Gasteiger partial charge is 0.274 e. The minimum Gasteiger partial charge on any atom is -0.274 e. The molecule has 0 saturated heterocycles. The molecule has 12 heavy (non-hydrogen) atoms. The van der Waals surface area contributed by atoms with Gasteiger partial charge in [-0.05, 0) is 35.1 Å². The molecule has 1 aromatic rings. The summed E-state index contributed by atoms with van der Waals surface area (Å²) >= 11 is 1.30. The highest BCUT2D eigenvalue weighted by molar-refractivity contribution is 7.97. The van der Waals surface area contributed by atoms with Gasteiger partial charge in [-0.1, -0.05) is 32.9 Å². The van der Waals surface area contributed by atoms with Gasteiger partial charge in [-0.15, -0.1) is 0 Å². The molecular formula is C10H15NS. The SMILES string of the molecule is CC(C)(C)c1cccc(SN)c1. The number of nitrogens with two attached hydrogens (primary N) is 1. The molecule has 0 bridgehead atoms. The first kappa shape index (κ1) is 9.62. The highest BCUT2D eigenvalue weighted by atomic mass is 32.2. The second-order valence-electron chi connectivity index (χ2n) is 3.90. The summed E-state index contributed by atoms with van der Waals surface area (Å²) in [4.78, 5) is 1.13. The number of rotatable bonds is 1. The van der Waals surface area contributed by atoms with Gasteiger partial charge in [0.25, 0.3) is 0 Å². The van der Waals surface area contributed by atoms with Gasteiger partial charge in [-0.3, -0.25) is 5.14 Å². The zero-order chi connectivity index (χ0) is 9.19. The molecule has 1 nitrogen and oxygen atoms in total. The molecule has 0 saturated carbocycles. The summed E-state index contributed by atoms with van der Waals surface area (Å²) in [6.45, 7) is 6.61. The molecule has 1 aromatic carbocycles. The lowest BCUT2D eigenvalue weighted by Crippen LogP contribution is -2.10. The summed E-state index contributed by atoms with van der Waals surface area (Å²) in [5.74, 6) is 0. The predicted molar refractivity (Wildman–Crippen MR) is 55.2 cm³/mol. The average Bonchev–Trinajstić information content (AvgIpc) is 2.03. The minimum atomic E-state index is 0.214. The molecule has 1 rings (SSSR count). The molecule has 0 aromatic heterocycles. The first-order valence-corrected chi connectivity index (χ1v) is 4.89. The van der Waals surface area contributed by atoms with Gasteiger partial charge in [-0.2, -0.15) is 0 Å². The molecule has 0 spiro atoms. The van der Waals surface area contributed by atoms with Crippen LogP contribution in [0.2, 0.25) is 0 Å². The van der Waals surface area contributed by atoms with Crippen molar-refractivity contribution in [2.75, 3.05) is 0 Å². The maximum Gasteiger partial charge on any atom is 0.0228 e. The van der Waals surface area contributed by atoms with Crippen LogP contribution >= 0.6 is 11.9 Å². The summed E-state index contributed by atoms with van der Waals surface area (Å²) in [7, 11) is 0. The van der Waals surface area contributed by atoms with Crippen molar-refractivity contribution in [3.63, 3.8) is 0 Å². The molecule has 0 radical (unpaired) electrons. The Morgan fingerprint density at radius 3 is 2.42 bits per heavy atom. The Kier molecular flexibility index (Phi) is 2.80. The highest BCUT2D eigenvalue weighted by Gasteiger charge is 2.13. The van der Waals surface area contributed by atoms with Crippen LogP contribution in [0, 0.1) is 0 Å². The number of hydrogen-bond donors (Lipinski definition) is 1. The van der Waals surface area contributed by atoms with E-state index < -0.39 is 0 Å². The summed E-state index contributed by atoms with van der Waals surface area (Å²) < 4.78 is 0. The first-order valence-electron chi connectivity index (χ1n) is 4.01. The molecule has 0 atom stereocenters. The Morgan fingerprint density at radius 1 is 1.25 bits per heavy atom. The van der Waals surface area contributed by atoms with Gasteiger partial charge in [0, 0.05) is 4.90 Å². The van der Waals surface area contributed by atoms with Crippen LogP contribution in [0.15, 0.2) is 29.2 Å². The standard InChI is InChI=1S/C10H15NS/c1-10(2,3)8-5-4-6-9(7-8)12-11/h4-7H,11H2,1-3H3. The Balaban J connectivity index is 3.02. The zero-order valence-electron chi connectivity index (χ0n) is 7.79. The summed E-state index contributed by atoms with van der Waals surface area (Å²) in [5, 5.41) is 5.48. The summed E-state index contributed by atoms with van der Waals surface area (Å²) in [5.41, 5.74) is 1.55. The zero-order valence-corrected chi connectivity index (χ0v) is 8.61. The van der Waals surface area contributed by atoms with E-state index in [4.69, 9.17) is 5.14 Å². The Bertz CT molecular complexity index is 263. The van der Waals surface area contributed by atoms with Crippen molar-refractivity contribution in [3.8, 4) is 0 Å². The summed E-state index contributed by atoms with van der Waals surface area (Å²) in [6, 6.07) is 8.36. The molecule has 0 amide bonds. The lowest BCUT2D eigenvalue weighted by Gasteiger charge is -2.19. The van der Waals surface area contributed by atoms with E-state index in [-0.39, 0.29) is 5.41 Å². The topological polar surface area (TPSA) is 26.0 Å². The number of benzene rings is 1. The van der Waals surface area contributed by atoms with Gasteiger partial charge in [0.2, 0.25) is 0 Å². The third kappa shape index (κ3) is 2.26. The normalized spacial score (nSPS) is 11.7. The van der Waals surface area contributed by atoms with E-state index in [2.05, 4.69) is 39.0 Å². The van der Waals surface area contributed by atoms with E-state index in [1.807, 2.05) is 6.07 Å². The number of hydrogen-bond acceptors (Lipinski definition) is 2. The van der Waals surface area contributed by atoms with Gasteiger partial charge in [0.1, 0.15) is 0 Å². The molecule has 0 aliphatic heterocycles. The van der Waals surface area contributed by atoms with Crippen molar-refractivity contribution >= 4 is 11.9 Å². The molecule has 0 aliphatic carbocycles. The molecule has 0 heterocycles. The Morgan fingerprint density at radius 2 is 1.92 bits per heavy atom. The van der Waals surface area contributed by atoms with Crippen molar-refractivity contribution in [1.82, 2.24) is 0 Å². The second-order valence-corrected chi connectivity index (χ2v) is 4.60. The predicted octanol–water partition coefficient (Wildman–Crippen LogP) is 2.95. The second kappa shape index (κ2) is 3.50. The molecule has 2 heteroatoms. The maximum absolute atomic E-state index is 5.48. The van der Waals surface area contributed by atoms with Crippen LogP contribution < -0.4 is 5.14 Å². The van der Waals surface area contributed by atoms with E-state index in [1.54, 1.807) is 0 Å². The van der Waals surface area contributed by atoms with E-state index in [0.717, 1.165) is 4.90 Å². The molecule has 2 N–H and O–H groups in total. The van der Waals surface area contributed by atoms with E-state index in [0.29, 0.717) is 0 Å². The fourth-order valence-corrected chi connectivity index (χ4v) is 1.39. The molecule has 0 aliphatic rings. The molecule has 0 unspecified atom stereocenters. The Labute approximate surface area is 78.5 Å². The van der Waals surface area contributed by atoms with Crippen molar-refractivity contribution in [2.45, 2.75) is 31.1 Å². The smallest absolute Gasteiger partial charge is 0.0228 e. The van der Waals surface area contributed by atoms with E-state index >= 15 is 0 Å². The third-order valence-corrected chi connectivity index (χ3v) is 2.36. The fraction of sp³-hybridized carbons (Fsp3) is 0.400. The summed E-state index contributed by atoms with van der Waals surface area (Å²) in [6.07, 6.45) is 0. The van der Waals surface area contributed by atoms with Crippen LogP contribution in [0.25, 0.3) is 0 Å². The lowest BCUT2D eigenvalue weighted by molar-refractivity contribution is 0.588. The minimum absolute atomic E-state index is 0.214. The van der Waals surface area contributed by atoms with Crippen LogP contribution in [0.4, 0.5) is 0 Å². The van der Waals surface area contributed by atoms with Gasteiger partial charge in [-0.25, -0.2) is 0 Å². The maximum atomic E-state index is 5.48. The van der Waals surface area contributed by atoms with Crippen molar-refractivity contribution < 1.29 is 0 Å². The Hall–Kier alpha value is -0.470. The first-order chi connectivity index (χ1) is 5.54. The van der Waals surface area contributed by atoms with Crippen LogP contribution in [0.3, 0.4) is 0 Å². The molecule has 66 valence electrons. The van der Waals surface area contributed by atoms with Gasteiger partial charge >= 0.3 is 0 Å². The molecule has 0 fully saturated rings. The van der Waals surface area contributed by atoms with Gasteiger partial charge in [0.15, 0.2) is 0 Å². The lowest BCUT2D eigenvalue weighted by atomic mass is 9.87. The fourth-order valence-electron chi connectivity index (χ4n) is 1.04.